The zero-order valence-corrected chi connectivity index (χ0v) is 9.77. The van der Waals surface area contributed by atoms with Crippen molar-refractivity contribution in [1.82, 2.24) is 0 Å². The number of aliphatic carboxylic acids is 1. The van der Waals surface area contributed by atoms with Crippen LogP contribution < -0.4 is 0 Å². The van der Waals surface area contributed by atoms with Crippen LogP contribution in [-0.2, 0) is 11.2 Å². The normalized spacial score (nSPS) is 14.3. The average molecular weight is 240 g/mol. The van der Waals surface area contributed by atoms with Gasteiger partial charge in [0, 0.05) is 6.61 Å². The Morgan fingerprint density at radius 2 is 2.18 bits per heavy atom. The van der Waals surface area contributed by atoms with Crippen molar-refractivity contribution < 1.29 is 19.4 Å². The molecule has 2 unspecified atom stereocenters. The summed E-state index contributed by atoms with van der Waals surface area (Å²) >= 11 is 0. The van der Waals surface area contributed by atoms with E-state index in [1.54, 1.807) is 19.1 Å². The molecule has 0 spiro atoms. The Balaban J connectivity index is 2.70. The first-order valence-electron chi connectivity index (χ1n) is 5.61. The van der Waals surface area contributed by atoms with Crippen molar-refractivity contribution in [3.63, 3.8) is 0 Å². The number of benzene rings is 1. The summed E-state index contributed by atoms with van der Waals surface area (Å²) in [7, 11) is 0. The molecule has 2 N–H and O–H groups in total. The molecular weight excluding hydrogens is 223 g/mol. The Morgan fingerprint density at radius 3 is 2.71 bits per heavy atom. The quantitative estimate of drug-likeness (QED) is 0.800. The van der Waals surface area contributed by atoms with Gasteiger partial charge in [-0.25, -0.2) is 4.39 Å². The van der Waals surface area contributed by atoms with Gasteiger partial charge in [-0.2, -0.15) is 0 Å². The van der Waals surface area contributed by atoms with E-state index in [4.69, 9.17) is 10.2 Å². The lowest BCUT2D eigenvalue weighted by Crippen LogP contribution is -2.20. The maximum atomic E-state index is 13.0. The van der Waals surface area contributed by atoms with Crippen molar-refractivity contribution >= 4 is 5.97 Å². The van der Waals surface area contributed by atoms with E-state index in [2.05, 4.69) is 0 Å². The maximum Gasteiger partial charge on any atom is 0.306 e. The molecule has 2 atom stereocenters. The van der Waals surface area contributed by atoms with Crippen molar-refractivity contribution in [3.05, 3.63) is 35.6 Å². The van der Waals surface area contributed by atoms with E-state index in [0.29, 0.717) is 12.0 Å². The zero-order valence-electron chi connectivity index (χ0n) is 9.77. The molecule has 3 nitrogen and oxygen atoms in total. The van der Waals surface area contributed by atoms with E-state index in [0.717, 1.165) is 0 Å². The molecular formula is C13H17FO3. The van der Waals surface area contributed by atoms with Gasteiger partial charge in [-0.05, 0) is 36.5 Å². The molecule has 0 aliphatic heterocycles. The largest absolute Gasteiger partial charge is 0.481 e. The highest BCUT2D eigenvalue weighted by Gasteiger charge is 2.20. The molecule has 0 saturated heterocycles. The summed E-state index contributed by atoms with van der Waals surface area (Å²) in [5.41, 5.74) is 0.669. The first-order valence-corrected chi connectivity index (χ1v) is 5.61. The van der Waals surface area contributed by atoms with Gasteiger partial charge >= 0.3 is 5.97 Å². The number of hydrogen-bond donors (Lipinski definition) is 2. The molecule has 0 bridgehead atoms. The van der Waals surface area contributed by atoms with Gasteiger partial charge in [-0.3, -0.25) is 4.79 Å². The van der Waals surface area contributed by atoms with Gasteiger partial charge < -0.3 is 10.2 Å². The van der Waals surface area contributed by atoms with Crippen molar-refractivity contribution in [2.45, 2.75) is 19.8 Å². The summed E-state index contributed by atoms with van der Waals surface area (Å²) in [5.74, 6) is -1.92. The molecule has 0 fully saturated rings. The molecule has 17 heavy (non-hydrogen) atoms. The van der Waals surface area contributed by atoms with Gasteiger partial charge in [0.25, 0.3) is 0 Å². The monoisotopic (exact) mass is 240 g/mol. The molecule has 4 heteroatoms. The SMILES string of the molecule is CC(CO)CC(Cc1cccc(F)c1)C(=O)O. The minimum atomic E-state index is -0.908. The number of aliphatic hydroxyl groups is 1. The lowest BCUT2D eigenvalue weighted by atomic mass is 9.90. The van der Waals surface area contributed by atoms with Gasteiger partial charge in [0.1, 0.15) is 5.82 Å². The fourth-order valence-electron chi connectivity index (χ4n) is 1.78. The Labute approximate surface area is 99.9 Å². The highest BCUT2D eigenvalue weighted by molar-refractivity contribution is 5.70. The number of aliphatic hydroxyl groups excluding tert-OH is 1. The molecule has 0 aliphatic carbocycles. The summed E-state index contributed by atoms with van der Waals surface area (Å²) in [6.45, 7) is 1.76. The highest BCUT2D eigenvalue weighted by atomic mass is 19.1. The van der Waals surface area contributed by atoms with E-state index >= 15 is 0 Å². The molecule has 1 rings (SSSR count). The first-order chi connectivity index (χ1) is 8.02. The third kappa shape index (κ3) is 4.53. The molecule has 0 heterocycles. The van der Waals surface area contributed by atoms with E-state index in [-0.39, 0.29) is 24.8 Å². The Hall–Kier alpha value is -1.42. The van der Waals surface area contributed by atoms with Crippen LogP contribution in [0.5, 0.6) is 0 Å². The van der Waals surface area contributed by atoms with Crippen LogP contribution >= 0.6 is 0 Å². The minimum absolute atomic E-state index is 0.0348. The lowest BCUT2D eigenvalue weighted by molar-refractivity contribution is -0.142. The second-order valence-electron chi connectivity index (χ2n) is 4.39. The molecule has 94 valence electrons. The van der Waals surface area contributed by atoms with Gasteiger partial charge in [0.2, 0.25) is 0 Å². The Bertz CT molecular complexity index is 379. The van der Waals surface area contributed by atoms with Crippen molar-refractivity contribution in [2.75, 3.05) is 6.61 Å². The van der Waals surface area contributed by atoms with Crippen LogP contribution in [0.15, 0.2) is 24.3 Å². The second-order valence-corrected chi connectivity index (χ2v) is 4.39. The van der Waals surface area contributed by atoms with E-state index in [9.17, 15) is 9.18 Å². The van der Waals surface area contributed by atoms with Crippen molar-refractivity contribution in [1.29, 1.82) is 0 Å². The van der Waals surface area contributed by atoms with Crippen LogP contribution in [0.4, 0.5) is 4.39 Å². The number of carbonyl (C=O) groups is 1. The summed E-state index contributed by atoms with van der Waals surface area (Å²) in [5, 5.41) is 18.0. The predicted molar refractivity (Wildman–Crippen MR) is 62.1 cm³/mol. The molecule has 0 amide bonds. The van der Waals surface area contributed by atoms with Gasteiger partial charge in [0.05, 0.1) is 5.92 Å². The van der Waals surface area contributed by atoms with E-state index < -0.39 is 11.9 Å². The number of hydrogen-bond acceptors (Lipinski definition) is 2. The molecule has 0 saturated carbocycles. The van der Waals surface area contributed by atoms with Crippen molar-refractivity contribution in [3.8, 4) is 0 Å². The summed E-state index contributed by atoms with van der Waals surface area (Å²) in [6.07, 6.45) is 0.680. The van der Waals surface area contributed by atoms with Gasteiger partial charge in [0.15, 0.2) is 0 Å². The smallest absolute Gasteiger partial charge is 0.306 e. The third-order valence-electron chi connectivity index (χ3n) is 2.72. The molecule has 0 aliphatic rings. The van der Waals surface area contributed by atoms with Crippen LogP contribution in [-0.4, -0.2) is 22.8 Å². The number of rotatable bonds is 6. The fraction of sp³-hybridized carbons (Fsp3) is 0.462. The van der Waals surface area contributed by atoms with Crippen LogP contribution in [0.2, 0.25) is 0 Å². The predicted octanol–water partition coefficient (Wildman–Crippen LogP) is 2.09. The number of carboxylic acid groups (broad SMARTS) is 1. The lowest BCUT2D eigenvalue weighted by Gasteiger charge is -2.15. The topological polar surface area (TPSA) is 57.5 Å². The number of carboxylic acids is 1. The van der Waals surface area contributed by atoms with Gasteiger partial charge in [-0.15, -0.1) is 0 Å². The fourth-order valence-corrected chi connectivity index (χ4v) is 1.78. The average Bonchev–Trinajstić information content (AvgIpc) is 2.27. The zero-order chi connectivity index (χ0) is 12.8. The molecule has 1 aromatic rings. The third-order valence-corrected chi connectivity index (χ3v) is 2.72. The highest BCUT2D eigenvalue weighted by Crippen LogP contribution is 2.18. The van der Waals surface area contributed by atoms with Crippen molar-refractivity contribution in [2.24, 2.45) is 11.8 Å². The Kier molecular flexibility index (Phi) is 5.10. The van der Waals surface area contributed by atoms with Crippen LogP contribution in [0.25, 0.3) is 0 Å². The first kappa shape index (κ1) is 13.6. The van der Waals surface area contributed by atoms with E-state index in [1.165, 1.54) is 12.1 Å². The van der Waals surface area contributed by atoms with Crippen LogP contribution in [0.1, 0.15) is 18.9 Å². The van der Waals surface area contributed by atoms with Crippen LogP contribution in [0.3, 0.4) is 0 Å². The van der Waals surface area contributed by atoms with E-state index in [1.807, 2.05) is 0 Å². The minimum Gasteiger partial charge on any atom is -0.481 e. The summed E-state index contributed by atoms with van der Waals surface area (Å²) in [4.78, 5) is 11.1. The molecule has 0 aromatic heterocycles. The standard InChI is InChI=1S/C13H17FO3/c1-9(8-15)5-11(13(16)17)6-10-3-2-4-12(14)7-10/h2-4,7,9,11,15H,5-6,8H2,1H3,(H,16,17). The Morgan fingerprint density at radius 1 is 1.47 bits per heavy atom. The number of halogens is 1. The molecule has 1 aromatic carbocycles. The molecule has 0 radical (unpaired) electrons. The summed E-state index contributed by atoms with van der Waals surface area (Å²) < 4.78 is 13.0. The van der Waals surface area contributed by atoms with Crippen LogP contribution in [0, 0.1) is 17.7 Å². The van der Waals surface area contributed by atoms with Gasteiger partial charge in [-0.1, -0.05) is 19.1 Å². The maximum absolute atomic E-state index is 13.0. The second kappa shape index (κ2) is 6.35. The summed E-state index contributed by atoms with van der Waals surface area (Å²) in [6, 6.07) is 5.96.